The molecule has 0 aliphatic carbocycles. The predicted molar refractivity (Wildman–Crippen MR) is 77.7 cm³/mol. The number of ether oxygens (including phenoxy) is 1. The van der Waals surface area contributed by atoms with Gasteiger partial charge in [-0.2, -0.15) is 8.78 Å². The number of aromatic nitrogens is 1. The zero-order valence-electron chi connectivity index (χ0n) is 11.7. The van der Waals surface area contributed by atoms with Gasteiger partial charge in [-0.3, -0.25) is 0 Å². The van der Waals surface area contributed by atoms with Crippen LogP contribution in [0, 0.1) is 0 Å². The molecule has 1 heterocycles. The summed E-state index contributed by atoms with van der Waals surface area (Å²) in [5, 5.41) is 3.04. The normalized spacial score (nSPS) is 11.5. The highest BCUT2D eigenvalue weighted by molar-refractivity contribution is 7.91. The number of nitrogens with one attached hydrogen (secondary N) is 1. The van der Waals surface area contributed by atoms with Crippen LogP contribution in [-0.2, 0) is 16.4 Å². The number of sulfone groups is 1. The average Bonchev–Trinajstić information content (AvgIpc) is 2.53. The maximum atomic E-state index is 12.4. The molecule has 1 aromatic carbocycles. The first-order valence-corrected chi connectivity index (χ1v) is 7.83. The summed E-state index contributed by atoms with van der Waals surface area (Å²) < 4.78 is 52.6. The Balaban J connectivity index is 2.09. The molecular weight excluding hydrogens is 314 g/mol. The number of alkyl halides is 2. The lowest BCUT2D eigenvalue weighted by Gasteiger charge is -2.10. The second-order valence-electron chi connectivity index (χ2n) is 4.36. The van der Waals surface area contributed by atoms with Crippen molar-refractivity contribution in [2.24, 2.45) is 0 Å². The monoisotopic (exact) mass is 328 g/mol. The number of nitrogens with zero attached hydrogens (tertiary/aromatic N) is 1. The lowest BCUT2D eigenvalue weighted by molar-refractivity contribution is 0.234. The Hall–Kier alpha value is -2.22. The van der Waals surface area contributed by atoms with Crippen molar-refractivity contribution >= 4 is 15.5 Å². The summed E-state index contributed by atoms with van der Waals surface area (Å²) in [4.78, 5) is 3.64. The zero-order valence-corrected chi connectivity index (χ0v) is 12.5. The first kappa shape index (κ1) is 16.2. The Morgan fingerprint density at radius 3 is 2.50 bits per heavy atom. The standard InChI is InChI=1S/C14H14F2N2O3S/c1-21-13-10(3-2-8-17-13)9-18-11-4-6-12(7-5-11)22(19,20)14(15)16/h2-8,14,18H,9H2,1H3. The highest BCUT2D eigenvalue weighted by atomic mass is 32.2. The van der Waals surface area contributed by atoms with E-state index >= 15 is 0 Å². The molecule has 0 saturated carbocycles. The topological polar surface area (TPSA) is 68.3 Å². The first-order valence-electron chi connectivity index (χ1n) is 6.29. The quantitative estimate of drug-likeness (QED) is 0.883. The number of methoxy groups -OCH3 is 1. The second-order valence-corrected chi connectivity index (χ2v) is 6.27. The Labute approximate surface area is 126 Å². The third kappa shape index (κ3) is 3.51. The maximum Gasteiger partial charge on any atom is 0.341 e. The third-order valence-corrected chi connectivity index (χ3v) is 4.34. The van der Waals surface area contributed by atoms with Crippen LogP contribution in [0.25, 0.3) is 0 Å². The van der Waals surface area contributed by atoms with Gasteiger partial charge in [-0.1, -0.05) is 6.07 Å². The van der Waals surface area contributed by atoms with Crippen molar-refractivity contribution in [1.82, 2.24) is 4.98 Å². The zero-order chi connectivity index (χ0) is 16.2. The molecule has 0 amide bonds. The summed E-state index contributed by atoms with van der Waals surface area (Å²) in [6.07, 6.45) is 1.60. The van der Waals surface area contributed by atoms with Gasteiger partial charge in [0.2, 0.25) is 15.7 Å². The van der Waals surface area contributed by atoms with E-state index in [0.717, 1.165) is 17.7 Å². The summed E-state index contributed by atoms with van der Waals surface area (Å²) in [6, 6.07) is 8.73. The molecule has 22 heavy (non-hydrogen) atoms. The van der Waals surface area contributed by atoms with Gasteiger partial charge >= 0.3 is 5.76 Å². The van der Waals surface area contributed by atoms with E-state index in [1.165, 1.54) is 19.2 Å². The van der Waals surface area contributed by atoms with Crippen LogP contribution < -0.4 is 10.1 Å². The average molecular weight is 328 g/mol. The summed E-state index contributed by atoms with van der Waals surface area (Å²) in [7, 11) is -3.05. The van der Waals surface area contributed by atoms with Crippen LogP contribution in [0.1, 0.15) is 5.56 Å². The molecule has 5 nitrogen and oxygen atoms in total. The molecule has 1 aromatic heterocycles. The van der Waals surface area contributed by atoms with Crippen LogP contribution in [0.5, 0.6) is 5.88 Å². The van der Waals surface area contributed by atoms with E-state index < -0.39 is 20.5 Å². The van der Waals surface area contributed by atoms with Crippen molar-refractivity contribution < 1.29 is 21.9 Å². The van der Waals surface area contributed by atoms with Crippen LogP contribution in [0.2, 0.25) is 0 Å². The van der Waals surface area contributed by atoms with E-state index in [1.54, 1.807) is 12.3 Å². The molecule has 0 unspecified atom stereocenters. The lowest BCUT2D eigenvalue weighted by Crippen LogP contribution is -2.11. The SMILES string of the molecule is COc1ncccc1CNc1ccc(S(=O)(=O)C(F)F)cc1. The number of benzene rings is 1. The Kier molecular flexibility index (Phi) is 4.92. The van der Waals surface area contributed by atoms with E-state index in [2.05, 4.69) is 10.3 Å². The fourth-order valence-corrected chi connectivity index (χ4v) is 2.53. The number of halogens is 2. The van der Waals surface area contributed by atoms with Gasteiger partial charge in [0.15, 0.2) is 0 Å². The lowest BCUT2D eigenvalue weighted by atomic mass is 10.2. The summed E-state index contributed by atoms with van der Waals surface area (Å²) in [5.41, 5.74) is 1.41. The number of hydrogen-bond acceptors (Lipinski definition) is 5. The molecule has 2 rings (SSSR count). The minimum atomic E-state index is -4.56. The second kappa shape index (κ2) is 6.69. The van der Waals surface area contributed by atoms with Crippen LogP contribution >= 0.6 is 0 Å². The molecule has 0 atom stereocenters. The molecule has 8 heteroatoms. The van der Waals surface area contributed by atoms with Crippen LogP contribution in [0.15, 0.2) is 47.5 Å². The molecule has 0 aliphatic heterocycles. The van der Waals surface area contributed by atoms with Crippen LogP contribution in [0.3, 0.4) is 0 Å². The van der Waals surface area contributed by atoms with Gasteiger partial charge in [-0.25, -0.2) is 13.4 Å². The molecule has 118 valence electrons. The van der Waals surface area contributed by atoms with Crippen LogP contribution in [-0.4, -0.2) is 26.3 Å². The number of pyridine rings is 1. The van der Waals surface area contributed by atoms with Crippen molar-refractivity contribution in [2.75, 3.05) is 12.4 Å². The summed E-state index contributed by atoms with van der Waals surface area (Å²) in [5.74, 6) is -2.95. The molecule has 0 fully saturated rings. The van der Waals surface area contributed by atoms with Crippen LogP contribution in [0.4, 0.5) is 14.5 Å². The summed E-state index contributed by atoms with van der Waals surface area (Å²) >= 11 is 0. The third-order valence-electron chi connectivity index (χ3n) is 2.94. The first-order chi connectivity index (χ1) is 10.4. The molecule has 0 saturated heterocycles. The van der Waals surface area contributed by atoms with E-state index in [9.17, 15) is 17.2 Å². The van der Waals surface area contributed by atoms with Gasteiger partial charge in [-0.15, -0.1) is 0 Å². The Bertz CT molecular complexity index is 734. The van der Waals surface area contributed by atoms with Gasteiger partial charge in [0, 0.05) is 24.0 Å². The molecule has 0 spiro atoms. The van der Waals surface area contributed by atoms with Crippen molar-refractivity contribution in [1.29, 1.82) is 0 Å². The molecule has 0 radical (unpaired) electrons. The molecule has 0 aliphatic rings. The minimum absolute atomic E-state index is 0.401. The smallest absolute Gasteiger partial charge is 0.341 e. The Morgan fingerprint density at radius 2 is 1.91 bits per heavy atom. The fourth-order valence-electron chi connectivity index (χ4n) is 1.81. The van der Waals surface area contributed by atoms with Crippen molar-refractivity contribution in [3.8, 4) is 5.88 Å². The highest BCUT2D eigenvalue weighted by Crippen LogP contribution is 2.21. The van der Waals surface area contributed by atoms with E-state index in [-0.39, 0.29) is 0 Å². The van der Waals surface area contributed by atoms with E-state index in [4.69, 9.17) is 4.74 Å². The molecule has 1 N–H and O–H groups in total. The van der Waals surface area contributed by atoms with Gasteiger partial charge in [0.1, 0.15) is 0 Å². The number of hydrogen-bond donors (Lipinski definition) is 1. The van der Waals surface area contributed by atoms with E-state index in [0.29, 0.717) is 18.1 Å². The largest absolute Gasteiger partial charge is 0.481 e. The molecule has 2 aromatic rings. The predicted octanol–water partition coefficient (Wildman–Crippen LogP) is 2.70. The fraction of sp³-hybridized carbons (Fsp3) is 0.214. The molecular formula is C14H14F2N2O3S. The van der Waals surface area contributed by atoms with Gasteiger partial charge < -0.3 is 10.1 Å². The van der Waals surface area contributed by atoms with Gasteiger partial charge in [0.25, 0.3) is 0 Å². The van der Waals surface area contributed by atoms with Crippen molar-refractivity contribution in [3.63, 3.8) is 0 Å². The van der Waals surface area contributed by atoms with Crippen molar-refractivity contribution in [3.05, 3.63) is 48.2 Å². The maximum absolute atomic E-state index is 12.4. The Morgan fingerprint density at radius 1 is 1.23 bits per heavy atom. The van der Waals surface area contributed by atoms with E-state index in [1.807, 2.05) is 6.07 Å². The summed E-state index contributed by atoms with van der Waals surface area (Å²) in [6.45, 7) is 0.401. The number of anilines is 1. The molecule has 0 bridgehead atoms. The minimum Gasteiger partial charge on any atom is -0.481 e. The van der Waals surface area contributed by atoms with Crippen molar-refractivity contribution in [2.45, 2.75) is 17.2 Å². The number of rotatable bonds is 6. The highest BCUT2D eigenvalue weighted by Gasteiger charge is 2.26. The van der Waals surface area contributed by atoms with Gasteiger partial charge in [-0.05, 0) is 30.3 Å². The van der Waals surface area contributed by atoms with Gasteiger partial charge in [0.05, 0.1) is 12.0 Å².